The number of amides is 1. The van der Waals surface area contributed by atoms with Gasteiger partial charge in [0.25, 0.3) is 0 Å². The van der Waals surface area contributed by atoms with Crippen LogP contribution < -0.4 is 15.5 Å². The van der Waals surface area contributed by atoms with Gasteiger partial charge in [0.1, 0.15) is 6.54 Å². The fourth-order valence-electron chi connectivity index (χ4n) is 3.73. The first-order valence-electron chi connectivity index (χ1n) is 10.8. The van der Waals surface area contributed by atoms with Crippen molar-refractivity contribution in [2.75, 3.05) is 51.8 Å². The van der Waals surface area contributed by atoms with Crippen molar-refractivity contribution in [1.29, 1.82) is 0 Å². The van der Waals surface area contributed by atoms with Gasteiger partial charge in [0, 0.05) is 52.1 Å². The molecule has 2 N–H and O–H groups in total. The minimum atomic E-state index is -0.00101. The number of para-hydroxylation sites is 1. The van der Waals surface area contributed by atoms with Gasteiger partial charge in [0.15, 0.2) is 5.96 Å². The number of aliphatic imine (C=N–C) groups is 1. The molecule has 7 nitrogen and oxygen atoms in total. The smallest absolute Gasteiger partial charge is 0.243 e. The van der Waals surface area contributed by atoms with Gasteiger partial charge in [0.2, 0.25) is 5.91 Å². The van der Waals surface area contributed by atoms with Gasteiger partial charge in [-0.05, 0) is 44.2 Å². The maximum Gasteiger partial charge on any atom is 0.243 e. The molecule has 1 aromatic carbocycles. The van der Waals surface area contributed by atoms with Crippen LogP contribution in [0.25, 0.3) is 0 Å². The van der Waals surface area contributed by atoms with E-state index in [1.54, 1.807) is 19.0 Å². The van der Waals surface area contributed by atoms with E-state index in [1.807, 2.05) is 0 Å². The second-order valence-corrected chi connectivity index (χ2v) is 8.06. The summed E-state index contributed by atoms with van der Waals surface area (Å²) in [5, 5.41) is 6.95. The SMILES string of the molecule is CN(C)C(=O)CN=C(NCC1CCCCO1)NC1CCN(c2ccccc2)CC1.I. The van der Waals surface area contributed by atoms with Crippen LogP contribution in [0.1, 0.15) is 32.1 Å². The molecule has 0 saturated carbocycles. The third-order valence-electron chi connectivity index (χ3n) is 5.60. The predicted molar refractivity (Wildman–Crippen MR) is 133 cm³/mol. The Bertz CT molecular complexity index is 657. The van der Waals surface area contributed by atoms with E-state index in [4.69, 9.17) is 4.74 Å². The summed E-state index contributed by atoms with van der Waals surface area (Å²) < 4.78 is 5.82. The molecule has 1 atom stereocenters. The Hall–Kier alpha value is -1.55. The molecule has 0 aliphatic carbocycles. The number of ether oxygens (including phenoxy) is 1. The maximum atomic E-state index is 12.0. The van der Waals surface area contributed by atoms with Crippen molar-refractivity contribution >= 4 is 41.5 Å². The molecule has 30 heavy (non-hydrogen) atoms. The summed E-state index contributed by atoms with van der Waals surface area (Å²) in [4.78, 5) is 20.5. The molecule has 2 fully saturated rings. The number of hydrogen-bond acceptors (Lipinski definition) is 4. The predicted octanol–water partition coefficient (Wildman–Crippen LogP) is 2.47. The van der Waals surface area contributed by atoms with Gasteiger partial charge in [0.05, 0.1) is 6.10 Å². The van der Waals surface area contributed by atoms with E-state index in [-0.39, 0.29) is 42.5 Å². The van der Waals surface area contributed by atoms with Crippen LogP contribution in [-0.4, -0.2) is 75.8 Å². The molecule has 8 heteroatoms. The number of hydrogen-bond donors (Lipinski definition) is 2. The van der Waals surface area contributed by atoms with Crippen LogP contribution in [0.2, 0.25) is 0 Å². The van der Waals surface area contributed by atoms with Crippen LogP contribution in [-0.2, 0) is 9.53 Å². The van der Waals surface area contributed by atoms with Crippen molar-refractivity contribution in [3.63, 3.8) is 0 Å². The zero-order valence-corrected chi connectivity index (χ0v) is 20.5. The molecule has 1 aromatic rings. The Labute approximate surface area is 197 Å². The van der Waals surface area contributed by atoms with Crippen LogP contribution in [0.3, 0.4) is 0 Å². The molecule has 3 rings (SSSR count). The summed E-state index contributed by atoms with van der Waals surface area (Å²) in [5.74, 6) is 0.714. The highest BCUT2D eigenvalue weighted by atomic mass is 127. The van der Waals surface area contributed by atoms with Crippen LogP contribution in [0.5, 0.6) is 0 Å². The third-order valence-corrected chi connectivity index (χ3v) is 5.60. The largest absolute Gasteiger partial charge is 0.376 e. The summed E-state index contributed by atoms with van der Waals surface area (Å²) >= 11 is 0. The van der Waals surface area contributed by atoms with Gasteiger partial charge in [-0.1, -0.05) is 18.2 Å². The number of nitrogens with zero attached hydrogens (tertiary/aromatic N) is 3. The summed E-state index contributed by atoms with van der Waals surface area (Å²) in [5.41, 5.74) is 1.28. The molecule has 168 valence electrons. The van der Waals surface area contributed by atoms with Gasteiger partial charge >= 0.3 is 0 Å². The Balaban J connectivity index is 0.00000320. The molecule has 1 amide bonds. The number of halogens is 1. The number of likely N-dealkylation sites (N-methyl/N-ethyl adjacent to an activating group) is 1. The zero-order valence-electron chi connectivity index (χ0n) is 18.2. The summed E-state index contributed by atoms with van der Waals surface area (Å²) in [6.07, 6.45) is 5.73. The summed E-state index contributed by atoms with van der Waals surface area (Å²) in [6.45, 7) is 3.74. The number of nitrogens with one attached hydrogen (secondary N) is 2. The van der Waals surface area contributed by atoms with Crippen molar-refractivity contribution < 1.29 is 9.53 Å². The Morgan fingerprint density at radius 3 is 2.53 bits per heavy atom. The number of piperidine rings is 1. The van der Waals surface area contributed by atoms with Crippen LogP contribution >= 0.6 is 24.0 Å². The van der Waals surface area contributed by atoms with E-state index in [0.717, 1.165) is 51.9 Å². The van der Waals surface area contributed by atoms with E-state index in [2.05, 4.69) is 50.9 Å². The molecule has 0 radical (unpaired) electrons. The lowest BCUT2D eigenvalue weighted by molar-refractivity contribution is -0.127. The number of carbonyl (C=O) groups is 1. The molecule has 0 bridgehead atoms. The molecule has 2 aliphatic heterocycles. The number of carbonyl (C=O) groups excluding carboxylic acids is 1. The van der Waals surface area contributed by atoms with E-state index in [0.29, 0.717) is 12.0 Å². The standard InChI is InChI=1S/C22H35N5O2.HI/c1-26(2)21(28)17-24-22(23-16-20-10-6-7-15-29-20)25-18-11-13-27(14-12-18)19-8-4-3-5-9-19;/h3-5,8-9,18,20H,6-7,10-17H2,1-2H3,(H2,23,24,25);1H. The number of anilines is 1. The Morgan fingerprint density at radius 2 is 1.90 bits per heavy atom. The second-order valence-electron chi connectivity index (χ2n) is 8.06. The Morgan fingerprint density at radius 1 is 1.17 bits per heavy atom. The van der Waals surface area contributed by atoms with Gasteiger partial charge in [-0.3, -0.25) is 4.79 Å². The van der Waals surface area contributed by atoms with Crippen molar-refractivity contribution in [3.05, 3.63) is 30.3 Å². The third kappa shape index (κ3) is 7.94. The first kappa shape index (κ1) is 24.7. The molecular weight excluding hydrogens is 493 g/mol. The highest BCUT2D eigenvalue weighted by Crippen LogP contribution is 2.19. The summed E-state index contributed by atoms with van der Waals surface area (Å²) in [6, 6.07) is 10.9. The molecule has 0 spiro atoms. The summed E-state index contributed by atoms with van der Waals surface area (Å²) in [7, 11) is 3.51. The first-order chi connectivity index (χ1) is 14.1. The van der Waals surface area contributed by atoms with Crippen LogP contribution in [0, 0.1) is 0 Å². The van der Waals surface area contributed by atoms with Gasteiger partial charge in [-0.15, -0.1) is 24.0 Å². The van der Waals surface area contributed by atoms with Gasteiger partial charge in [-0.25, -0.2) is 4.99 Å². The fourth-order valence-corrected chi connectivity index (χ4v) is 3.73. The average molecular weight is 529 g/mol. The second kappa shape index (κ2) is 13.0. The average Bonchev–Trinajstić information content (AvgIpc) is 2.77. The molecule has 0 aromatic heterocycles. The number of guanidine groups is 1. The van der Waals surface area contributed by atoms with E-state index >= 15 is 0 Å². The Kier molecular flexibility index (Phi) is 10.7. The lowest BCUT2D eigenvalue weighted by atomic mass is 10.0. The maximum absolute atomic E-state index is 12.0. The number of rotatable bonds is 6. The number of benzene rings is 1. The molecular formula is C22H36IN5O2. The topological polar surface area (TPSA) is 69.2 Å². The van der Waals surface area contributed by atoms with Crippen molar-refractivity contribution in [2.45, 2.75) is 44.2 Å². The fraction of sp³-hybridized carbons (Fsp3) is 0.636. The first-order valence-corrected chi connectivity index (χ1v) is 10.8. The van der Waals surface area contributed by atoms with Crippen molar-refractivity contribution in [3.8, 4) is 0 Å². The van der Waals surface area contributed by atoms with Crippen molar-refractivity contribution in [1.82, 2.24) is 15.5 Å². The van der Waals surface area contributed by atoms with E-state index in [1.165, 1.54) is 12.1 Å². The van der Waals surface area contributed by atoms with Crippen LogP contribution in [0.4, 0.5) is 5.69 Å². The van der Waals surface area contributed by atoms with Crippen LogP contribution in [0.15, 0.2) is 35.3 Å². The normalized spacial score (nSPS) is 20.3. The quantitative estimate of drug-likeness (QED) is 0.337. The minimum Gasteiger partial charge on any atom is -0.376 e. The lowest BCUT2D eigenvalue weighted by Gasteiger charge is -2.34. The molecule has 2 saturated heterocycles. The molecule has 1 unspecified atom stereocenters. The molecule has 2 aliphatic rings. The molecule has 2 heterocycles. The zero-order chi connectivity index (χ0) is 20.5. The van der Waals surface area contributed by atoms with E-state index < -0.39 is 0 Å². The highest BCUT2D eigenvalue weighted by Gasteiger charge is 2.21. The van der Waals surface area contributed by atoms with Crippen molar-refractivity contribution in [2.24, 2.45) is 4.99 Å². The highest BCUT2D eigenvalue weighted by molar-refractivity contribution is 14.0. The van der Waals surface area contributed by atoms with E-state index in [9.17, 15) is 4.79 Å². The lowest BCUT2D eigenvalue weighted by Crippen LogP contribution is -2.50. The van der Waals surface area contributed by atoms with Gasteiger partial charge < -0.3 is 25.2 Å². The monoisotopic (exact) mass is 529 g/mol. The minimum absolute atomic E-state index is 0. The van der Waals surface area contributed by atoms with Gasteiger partial charge in [-0.2, -0.15) is 0 Å².